The molecular formula is C10H17N3S. The fraction of sp³-hybridized carbons (Fsp3) is 0.700. The van der Waals surface area contributed by atoms with Crippen LogP contribution in [0.3, 0.4) is 0 Å². The highest BCUT2D eigenvalue weighted by Gasteiger charge is 2.19. The van der Waals surface area contributed by atoms with Crippen molar-refractivity contribution in [1.82, 2.24) is 9.97 Å². The zero-order valence-corrected chi connectivity index (χ0v) is 9.60. The van der Waals surface area contributed by atoms with E-state index in [4.69, 9.17) is 0 Å². The summed E-state index contributed by atoms with van der Waals surface area (Å²) in [5, 5.41) is 0.849. The number of piperidine rings is 1. The van der Waals surface area contributed by atoms with Crippen molar-refractivity contribution in [3.63, 3.8) is 0 Å². The van der Waals surface area contributed by atoms with Gasteiger partial charge in [0.1, 0.15) is 0 Å². The second-order valence-electron chi connectivity index (χ2n) is 3.81. The van der Waals surface area contributed by atoms with Crippen LogP contribution < -0.4 is 4.90 Å². The van der Waals surface area contributed by atoms with Crippen LogP contribution in [-0.2, 0) is 0 Å². The first-order valence-electron chi connectivity index (χ1n) is 5.09. The largest absolute Gasteiger partial charge is 0.342 e. The van der Waals surface area contributed by atoms with Crippen LogP contribution in [0.5, 0.6) is 0 Å². The number of nitrogens with zero attached hydrogens (tertiary/aromatic N) is 2. The molecule has 3 nitrogen and oxygen atoms in total. The number of imidazole rings is 1. The third kappa shape index (κ3) is 2.05. The second kappa shape index (κ2) is 4.26. The summed E-state index contributed by atoms with van der Waals surface area (Å²) in [5.41, 5.74) is 1.15. The summed E-state index contributed by atoms with van der Waals surface area (Å²) in [6.45, 7) is 4.32. The van der Waals surface area contributed by atoms with Gasteiger partial charge in [0.05, 0.1) is 0 Å². The third-order valence-electron chi connectivity index (χ3n) is 2.76. The number of aryl methyl sites for hydroxylation is 1. The molecule has 14 heavy (non-hydrogen) atoms. The molecule has 1 N–H and O–H groups in total. The lowest BCUT2D eigenvalue weighted by atomic mass is 10.1. The highest BCUT2D eigenvalue weighted by molar-refractivity contribution is 7.99. The van der Waals surface area contributed by atoms with Gasteiger partial charge in [-0.1, -0.05) is 0 Å². The van der Waals surface area contributed by atoms with Crippen LogP contribution in [-0.4, -0.2) is 34.6 Å². The van der Waals surface area contributed by atoms with Gasteiger partial charge >= 0.3 is 0 Å². The monoisotopic (exact) mass is 211 g/mol. The van der Waals surface area contributed by atoms with Crippen LogP contribution in [0.1, 0.15) is 18.5 Å². The zero-order chi connectivity index (χ0) is 9.97. The topological polar surface area (TPSA) is 31.9 Å². The van der Waals surface area contributed by atoms with Crippen LogP contribution >= 0.6 is 11.8 Å². The molecule has 78 valence electrons. The molecular weight excluding hydrogens is 194 g/mol. The van der Waals surface area contributed by atoms with E-state index >= 15 is 0 Å². The van der Waals surface area contributed by atoms with Gasteiger partial charge in [-0.05, 0) is 26.0 Å². The van der Waals surface area contributed by atoms with Gasteiger partial charge in [-0.25, -0.2) is 4.98 Å². The van der Waals surface area contributed by atoms with Gasteiger partial charge in [-0.15, -0.1) is 0 Å². The summed E-state index contributed by atoms with van der Waals surface area (Å²) in [4.78, 5) is 9.99. The van der Waals surface area contributed by atoms with Crippen LogP contribution in [0, 0.1) is 6.92 Å². The Hall–Kier alpha value is -0.640. The SMILES string of the molecule is CSC1CCN(c2ncc(C)[nH]2)CC1. The molecule has 1 fully saturated rings. The predicted octanol–water partition coefficient (Wildman–Crippen LogP) is 2.05. The van der Waals surface area contributed by atoms with Gasteiger partial charge < -0.3 is 9.88 Å². The lowest BCUT2D eigenvalue weighted by Gasteiger charge is -2.30. The Morgan fingerprint density at radius 3 is 2.71 bits per heavy atom. The number of aromatic amines is 1. The molecule has 2 heterocycles. The van der Waals surface area contributed by atoms with Crippen molar-refractivity contribution in [1.29, 1.82) is 0 Å². The average molecular weight is 211 g/mol. The summed E-state index contributed by atoms with van der Waals surface area (Å²) in [6.07, 6.45) is 6.66. The first-order chi connectivity index (χ1) is 6.79. The summed E-state index contributed by atoms with van der Waals surface area (Å²) in [6, 6.07) is 0. The van der Waals surface area contributed by atoms with Crippen molar-refractivity contribution >= 4 is 17.7 Å². The Morgan fingerprint density at radius 1 is 1.50 bits per heavy atom. The van der Waals surface area contributed by atoms with Crippen molar-refractivity contribution in [2.75, 3.05) is 24.2 Å². The molecule has 1 aromatic rings. The molecule has 0 saturated carbocycles. The van der Waals surface area contributed by atoms with E-state index in [2.05, 4.69) is 21.1 Å². The van der Waals surface area contributed by atoms with Crippen molar-refractivity contribution in [2.45, 2.75) is 25.0 Å². The molecule has 1 aliphatic heterocycles. The van der Waals surface area contributed by atoms with Gasteiger partial charge in [-0.2, -0.15) is 11.8 Å². The summed E-state index contributed by atoms with van der Waals surface area (Å²) < 4.78 is 0. The molecule has 1 aromatic heterocycles. The number of H-pyrrole nitrogens is 1. The molecule has 0 atom stereocenters. The number of hydrogen-bond acceptors (Lipinski definition) is 3. The molecule has 2 rings (SSSR count). The molecule has 0 bridgehead atoms. The average Bonchev–Trinajstić information content (AvgIpc) is 2.65. The van der Waals surface area contributed by atoms with E-state index in [-0.39, 0.29) is 0 Å². The van der Waals surface area contributed by atoms with Gasteiger partial charge in [0.25, 0.3) is 0 Å². The van der Waals surface area contributed by atoms with E-state index in [0.717, 1.165) is 30.0 Å². The molecule has 0 aromatic carbocycles. The van der Waals surface area contributed by atoms with Crippen molar-refractivity contribution < 1.29 is 0 Å². The minimum Gasteiger partial charge on any atom is -0.342 e. The minimum absolute atomic E-state index is 0.849. The predicted molar refractivity (Wildman–Crippen MR) is 62.1 cm³/mol. The number of hydrogen-bond donors (Lipinski definition) is 1. The fourth-order valence-corrected chi connectivity index (χ4v) is 2.55. The molecule has 0 amide bonds. The standard InChI is InChI=1S/C10H17N3S/c1-8-7-11-10(12-8)13-5-3-9(14-2)4-6-13/h7,9H,3-6H2,1-2H3,(H,11,12). The molecule has 0 aliphatic carbocycles. The molecule has 4 heteroatoms. The maximum atomic E-state index is 4.35. The van der Waals surface area contributed by atoms with Crippen LogP contribution in [0.15, 0.2) is 6.20 Å². The van der Waals surface area contributed by atoms with Crippen molar-refractivity contribution in [3.05, 3.63) is 11.9 Å². The number of thioether (sulfide) groups is 1. The Balaban J connectivity index is 1.95. The van der Waals surface area contributed by atoms with E-state index in [0.29, 0.717) is 0 Å². The van der Waals surface area contributed by atoms with Crippen molar-refractivity contribution in [3.8, 4) is 0 Å². The molecule has 1 saturated heterocycles. The number of nitrogens with one attached hydrogen (secondary N) is 1. The molecule has 1 aliphatic rings. The highest BCUT2D eigenvalue weighted by Crippen LogP contribution is 2.23. The van der Waals surface area contributed by atoms with Crippen LogP contribution in [0.2, 0.25) is 0 Å². The lowest BCUT2D eigenvalue weighted by molar-refractivity contribution is 0.583. The smallest absolute Gasteiger partial charge is 0.202 e. The van der Waals surface area contributed by atoms with E-state index in [1.807, 2.05) is 24.9 Å². The van der Waals surface area contributed by atoms with Crippen LogP contribution in [0.25, 0.3) is 0 Å². The Labute approximate surface area is 89.3 Å². The zero-order valence-electron chi connectivity index (χ0n) is 8.79. The Bertz CT molecular complexity index is 289. The quantitative estimate of drug-likeness (QED) is 0.812. The minimum atomic E-state index is 0.849. The summed E-state index contributed by atoms with van der Waals surface area (Å²) in [7, 11) is 0. The summed E-state index contributed by atoms with van der Waals surface area (Å²) >= 11 is 1.99. The summed E-state index contributed by atoms with van der Waals surface area (Å²) in [5.74, 6) is 1.04. The first-order valence-corrected chi connectivity index (χ1v) is 6.37. The Kier molecular flexibility index (Phi) is 3.01. The van der Waals surface area contributed by atoms with Gasteiger partial charge in [-0.3, -0.25) is 0 Å². The maximum absolute atomic E-state index is 4.35. The third-order valence-corrected chi connectivity index (χ3v) is 3.90. The van der Waals surface area contributed by atoms with E-state index < -0.39 is 0 Å². The highest BCUT2D eigenvalue weighted by atomic mass is 32.2. The second-order valence-corrected chi connectivity index (χ2v) is 4.95. The Morgan fingerprint density at radius 2 is 2.21 bits per heavy atom. The number of aromatic nitrogens is 2. The van der Waals surface area contributed by atoms with Crippen LogP contribution in [0.4, 0.5) is 5.95 Å². The maximum Gasteiger partial charge on any atom is 0.202 e. The fourth-order valence-electron chi connectivity index (χ4n) is 1.86. The molecule has 0 unspecified atom stereocenters. The first kappa shape index (κ1) is 9.90. The van der Waals surface area contributed by atoms with Crippen molar-refractivity contribution in [2.24, 2.45) is 0 Å². The lowest BCUT2D eigenvalue weighted by Crippen LogP contribution is -2.35. The van der Waals surface area contributed by atoms with Gasteiger partial charge in [0.2, 0.25) is 5.95 Å². The van der Waals surface area contributed by atoms with E-state index in [1.165, 1.54) is 12.8 Å². The van der Waals surface area contributed by atoms with Gasteiger partial charge in [0.15, 0.2) is 0 Å². The number of anilines is 1. The molecule has 0 spiro atoms. The normalized spacial score (nSPS) is 18.9. The number of rotatable bonds is 2. The van der Waals surface area contributed by atoms with Gasteiger partial charge in [0, 0.05) is 30.2 Å². The van der Waals surface area contributed by atoms with E-state index in [9.17, 15) is 0 Å². The van der Waals surface area contributed by atoms with E-state index in [1.54, 1.807) is 0 Å². The molecule has 0 radical (unpaired) electrons.